The molecule has 0 aliphatic carbocycles. The maximum atomic E-state index is 6.14. The second-order valence-corrected chi connectivity index (χ2v) is 4.50. The Morgan fingerprint density at radius 2 is 2.12 bits per heavy atom. The molecule has 3 nitrogen and oxygen atoms in total. The fraction of sp³-hybridized carbons (Fsp3) is 0.500. The highest BCUT2D eigenvalue weighted by Gasteiger charge is 2.27. The molecule has 1 aliphatic heterocycles. The summed E-state index contributed by atoms with van der Waals surface area (Å²) in [7, 11) is 0. The van der Waals surface area contributed by atoms with Crippen LogP contribution in [0.15, 0.2) is 24.3 Å². The maximum Gasteiger partial charge on any atom is 0.105 e. The molecule has 0 aromatic heterocycles. The van der Waals surface area contributed by atoms with E-state index in [4.69, 9.17) is 26.8 Å². The summed E-state index contributed by atoms with van der Waals surface area (Å²) in [5.74, 6) is 0. The summed E-state index contributed by atoms with van der Waals surface area (Å²) in [6, 6.07) is 7.55. The minimum atomic E-state index is -0.164. The number of benzene rings is 1. The lowest BCUT2D eigenvalue weighted by Crippen LogP contribution is -2.40. The first kappa shape index (κ1) is 11.9. The van der Waals surface area contributed by atoms with E-state index >= 15 is 0 Å². The summed E-state index contributed by atoms with van der Waals surface area (Å²) >= 11 is 6.14. The molecule has 1 fully saturated rings. The van der Waals surface area contributed by atoms with Crippen LogP contribution in [0.25, 0.3) is 0 Å². The molecule has 0 bridgehead atoms. The van der Waals surface area contributed by atoms with E-state index in [0.29, 0.717) is 18.2 Å². The van der Waals surface area contributed by atoms with Crippen molar-refractivity contribution in [2.24, 2.45) is 5.73 Å². The highest BCUT2D eigenvalue weighted by molar-refractivity contribution is 6.31. The smallest absolute Gasteiger partial charge is 0.105 e. The molecule has 1 saturated heterocycles. The van der Waals surface area contributed by atoms with Crippen LogP contribution in [-0.2, 0) is 9.47 Å². The average molecular weight is 242 g/mol. The lowest BCUT2D eigenvalue weighted by atomic mass is 10.0. The number of halogens is 1. The molecule has 0 spiro atoms. The van der Waals surface area contributed by atoms with Crippen LogP contribution in [0, 0.1) is 0 Å². The Labute approximate surface area is 100 Å². The van der Waals surface area contributed by atoms with Gasteiger partial charge in [0.05, 0.1) is 19.3 Å². The topological polar surface area (TPSA) is 44.5 Å². The third-order valence-corrected chi connectivity index (χ3v) is 2.98. The Hall–Kier alpha value is -0.610. The van der Waals surface area contributed by atoms with Gasteiger partial charge < -0.3 is 15.2 Å². The van der Waals surface area contributed by atoms with Gasteiger partial charge in [-0.15, -0.1) is 0 Å². The normalized spacial score (nSPS) is 20.2. The summed E-state index contributed by atoms with van der Waals surface area (Å²) in [6.07, 6.45) is -0.0186. The summed E-state index contributed by atoms with van der Waals surface area (Å²) < 4.78 is 11.0. The number of hydrogen-bond acceptors (Lipinski definition) is 3. The van der Waals surface area contributed by atoms with Gasteiger partial charge in [-0.2, -0.15) is 0 Å². The van der Waals surface area contributed by atoms with Crippen LogP contribution in [0.5, 0.6) is 0 Å². The summed E-state index contributed by atoms with van der Waals surface area (Å²) in [4.78, 5) is 0. The van der Waals surface area contributed by atoms with Gasteiger partial charge in [0.15, 0.2) is 0 Å². The molecule has 1 aromatic rings. The second-order valence-electron chi connectivity index (χ2n) is 4.10. The van der Waals surface area contributed by atoms with Gasteiger partial charge in [-0.05, 0) is 13.0 Å². The van der Waals surface area contributed by atoms with Crippen LogP contribution in [0.3, 0.4) is 0 Å². The first-order valence-electron chi connectivity index (χ1n) is 5.41. The van der Waals surface area contributed by atoms with Gasteiger partial charge in [0, 0.05) is 16.6 Å². The zero-order chi connectivity index (χ0) is 11.5. The zero-order valence-corrected chi connectivity index (χ0v) is 9.98. The van der Waals surface area contributed by atoms with Gasteiger partial charge in [-0.25, -0.2) is 0 Å². The Morgan fingerprint density at radius 1 is 1.44 bits per heavy atom. The Balaban J connectivity index is 2.14. The van der Waals surface area contributed by atoms with Gasteiger partial charge >= 0.3 is 0 Å². The van der Waals surface area contributed by atoms with Crippen molar-refractivity contribution in [3.63, 3.8) is 0 Å². The van der Waals surface area contributed by atoms with Crippen LogP contribution >= 0.6 is 11.6 Å². The fourth-order valence-electron chi connectivity index (χ4n) is 1.69. The van der Waals surface area contributed by atoms with E-state index in [1.807, 2.05) is 31.2 Å². The molecular weight excluding hydrogens is 226 g/mol. The molecule has 0 amide bonds. The van der Waals surface area contributed by atoms with Crippen molar-refractivity contribution in [2.45, 2.75) is 25.2 Å². The van der Waals surface area contributed by atoms with E-state index in [-0.39, 0.29) is 18.2 Å². The fourth-order valence-corrected chi connectivity index (χ4v) is 1.93. The molecule has 88 valence electrons. The van der Waals surface area contributed by atoms with Crippen molar-refractivity contribution in [2.75, 3.05) is 13.2 Å². The molecule has 1 heterocycles. The molecule has 2 atom stereocenters. The van der Waals surface area contributed by atoms with Gasteiger partial charge in [0.1, 0.15) is 6.10 Å². The third kappa shape index (κ3) is 2.55. The zero-order valence-electron chi connectivity index (χ0n) is 9.23. The third-order valence-electron chi connectivity index (χ3n) is 2.64. The lowest BCUT2D eigenvalue weighted by molar-refractivity contribution is -0.159. The second kappa shape index (κ2) is 5.15. The molecular formula is C12H16ClNO2. The monoisotopic (exact) mass is 241 g/mol. The highest BCUT2D eigenvalue weighted by Crippen LogP contribution is 2.29. The molecule has 2 rings (SSSR count). The van der Waals surface area contributed by atoms with Crippen molar-refractivity contribution >= 4 is 11.6 Å². The Morgan fingerprint density at radius 3 is 2.62 bits per heavy atom. The Bertz CT molecular complexity index is 353. The first-order chi connectivity index (χ1) is 7.68. The molecule has 16 heavy (non-hydrogen) atoms. The molecule has 1 aliphatic rings. The maximum absolute atomic E-state index is 6.14. The van der Waals surface area contributed by atoms with Crippen LogP contribution in [0.1, 0.15) is 18.6 Å². The SMILES string of the molecule is CC(N)C(OC1COC1)c1ccccc1Cl. The molecule has 0 saturated carbocycles. The number of ether oxygens (including phenoxy) is 2. The van der Waals surface area contributed by atoms with Gasteiger partial charge in [0.25, 0.3) is 0 Å². The molecule has 4 heteroatoms. The van der Waals surface area contributed by atoms with Gasteiger partial charge in [-0.1, -0.05) is 29.8 Å². The summed E-state index contributed by atoms with van der Waals surface area (Å²) in [6.45, 7) is 3.22. The lowest BCUT2D eigenvalue weighted by Gasteiger charge is -2.32. The van der Waals surface area contributed by atoms with E-state index < -0.39 is 0 Å². The Kier molecular flexibility index (Phi) is 3.82. The van der Waals surface area contributed by atoms with Crippen molar-refractivity contribution < 1.29 is 9.47 Å². The summed E-state index contributed by atoms with van der Waals surface area (Å²) in [5.41, 5.74) is 6.89. The number of rotatable bonds is 4. The van der Waals surface area contributed by atoms with E-state index in [0.717, 1.165) is 5.56 Å². The predicted molar refractivity (Wildman–Crippen MR) is 63.5 cm³/mol. The van der Waals surface area contributed by atoms with Crippen LogP contribution in [0.2, 0.25) is 5.02 Å². The van der Waals surface area contributed by atoms with E-state index in [1.54, 1.807) is 0 Å². The van der Waals surface area contributed by atoms with Crippen molar-refractivity contribution in [1.29, 1.82) is 0 Å². The van der Waals surface area contributed by atoms with E-state index in [2.05, 4.69) is 0 Å². The van der Waals surface area contributed by atoms with Crippen LogP contribution in [-0.4, -0.2) is 25.4 Å². The van der Waals surface area contributed by atoms with E-state index in [1.165, 1.54) is 0 Å². The van der Waals surface area contributed by atoms with Crippen LogP contribution < -0.4 is 5.73 Å². The highest BCUT2D eigenvalue weighted by atomic mass is 35.5. The molecule has 1 aromatic carbocycles. The first-order valence-corrected chi connectivity index (χ1v) is 5.79. The van der Waals surface area contributed by atoms with Crippen molar-refractivity contribution in [3.8, 4) is 0 Å². The standard InChI is InChI=1S/C12H16ClNO2/c1-8(14)12(16-9-6-15-7-9)10-4-2-3-5-11(10)13/h2-5,8-9,12H,6-7,14H2,1H3. The largest absolute Gasteiger partial charge is 0.376 e. The predicted octanol–water partition coefficient (Wildman–Crippen LogP) is 2.14. The molecule has 2 N–H and O–H groups in total. The average Bonchev–Trinajstić information content (AvgIpc) is 2.18. The van der Waals surface area contributed by atoms with Crippen LogP contribution in [0.4, 0.5) is 0 Å². The van der Waals surface area contributed by atoms with E-state index in [9.17, 15) is 0 Å². The molecule has 2 unspecified atom stereocenters. The molecule has 0 radical (unpaired) electrons. The summed E-state index contributed by atoms with van der Waals surface area (Å²) in [5, 5.41) is 0.699. The minimum absolute atomic E-state index is 0.0968. The minimum Gasteiger partial charge on any atom is -0.376 e. The van der Waals surface area contributed by atoms with Crippen molar-refractivity contribution in [1.82, 2.24) is 0 Å². The van der Waals surface area contributed by atoms with Gasteiger partial charge in [-0.3, -0.25) is 0 Å². The number of hydrogen-bond donors (Lipinski definition) is 1. The van der Waals surface area contributed by atoms with Crippen molar-refractivity contribution in [3.05, 3.63) is 34.9 Å². The number of nitrogens with two attached hydrogens (primary N) is 1. The van der Waals surface area contributed by atoms with Gasteiger partial charge in [0.2, 0.25) is 0 Å². The quantitative estimate of drug-likeness (QED) is 0.879.